The number of hydrogen-bond acceptors (Lipinski definition) is 3. The van der Waals surface area contributed by atoms with Crippen molar-refractivity contribution in [1.29, 1.82) is 0 Å². The van der Waals surface area contributed by atoms with Crippen LogP contribution in [0.4, 0.5) is 0 Å². The van der Waals surface area contributed by atoms with Gasteiger partial charge in [-0.2, -0.15) is 0 Å². The van der Waals surface area contributed by atoms with Crippen LogP contribution in [0.5, 0.6) is 0 Å². The number of nitrogens with zero attached hydrogens (tertiary/aromatic N) is 2. The Morgan fingerprint density at radius 2 is 1.88 bits per heavy atom. The minimum atomic E-state index is 0.976. The SMILES string of the molecule is CCCN(CCNC)N1CCC(CC)CC1. The van der Waals surface area contributed by atoms with E-state index in [9.17, 15) is 0 Å². The van der Waals surface area contributed by atoms with E-state index < -0.39 is 0 Å². The molecule has 1 rings (SSSR count). The summed E-state index contributed by atoms with van der Waals surface area (Å²) < 4.78 is 0. The van der Waals surface area contributed by atoms with Crippen LogP contribution in [-0.4, -0.2) is 49.8 Å². The molecule has 3 nitrogen and oxygen atoms in total. The zero-order chi connectivity index (χ0) is 11.8. The van der Waals surface area contributed by atoms with Crippen molar-refractivity contribution in [2.75, 3.05) is 39.8 Å². The van der Waals surface area contributed by atoms with Gasteiger partial charge in [0.15, 0.2) is 0 Å². The lowest BCUT2D eigenvalue weighted by Crippen LogP contribution is -2.49. The van der Waals surface area contributed by atoms with Crippen molar-refractivity contribution >= 4 is 0 Å². The molecule has 1 aliphatic heterocycles. The summed E-state index contributed by atoms with van der Waals surface area (Å²) in [6.45, 7) is 10.6. The van der Waals surface area contributed by atoms with E-state index in [1.165, 1.54) is 45.3 Å². The fourth-order valence-corrected chi connectivity index (χ4v) is 2.50. The van der Waals surface area contributed by atoms with Gasteiger partial charge in [0.1, 0.15) is 0 Å². The molecule has 0 saturated carbocycles. The van der Waals surface area contributed by atoms with E-state index in [0.29, 0.717) is 0 Å². The Labute approximate surface area is 101 Å². The second-order valence-electron chi connectivity index (χ2n) is 4.86. The molecule has 0 aliphatic carbocycles. The molecule has 16 heavy (non-hydrogen) atoms. The molecule has 1 saturated heterocycles. The summed E-state index contributed by atoms with van der Waals surface area (Å²) in [5.41, 5.74) is 0. The van der Waals surface area contributed by atoms with Crippen LogP contribution in [0.2, 0.25) is 0 Å². The fraction of sp³-hybridized carbons (Fsp3) is 1.00. The predicted molar refractivity (Wildman–Crippen MR) is 70.4 cm³/mol. The summed E-state index contributed by atoms with van der Waals surface area (Å²) in [5, 5.41) is 8.37. The second kappa shape index (κ2) is 8.04. The smallest absolute Gasteiger partial charge is 0.0258 e. The summed E-state index contributed by atoms with van der Waals surface area (Å²) >= 11 is 0. The number of hydrazine groups is 1. The molecule has 3 heteroatoms. The summed E-state index contributed by atoms with van der Waals surface area (Å²) in [6.07, 6.45) is 5.38. The predicted octanol–water partition coefficient (Wildman–Crippen LogP) is 1.95. The molecule has 1 fully saturated rings. The van der Waals surface area contributed by atoms with Crippen LogP contribution >= 0.6 is 0 Å². The second-order valence-corrected chi connectivity index (χ2v) is 4.86. The molecule has 0 radical (unpaired) electrons. The number of piperidine rings is 1. The zero-order valence-electron chi connectivity index (χ0n) is 11.3. The maximum atomic E-state index is 3.25. The number of rotatable bonds is 7. The topological polar surface area (TPSA) is 18.5 Å². The number of hydrogen-bond donors (Lipinski definition) is 1. The highest BCUT2D eigenvalue weighted by Crippen LogP contribution is 2.21. The van der Waals surface area contributed by atoms with Crippen molar-refractivity contribution in [2.45, 2.75) is 39.5 Å². The van der Waals surface area contributed by atoms with Gasteiger partial charge in [0, 0.05) is 32.7 Å². The molecule has 0 atom stereocenters. The minimum absolute atomic E-state index is 0.976. The Bertz CT molecular complexity index is 165. The Hall–Kier alpha value is -0.120. The van der Waals surface area contributed by atoms with Crippen LogP contribution in [0.15, 0.2) is 0 Å². The van der Waals surface area contributed by atoms with E-state index in [1.54, 1.807) is 0 Å². The fourth-order valence-electron chi connectivity index (χ4n) is 2.50. The van der Waals surface area contributed by atoms with E-state index in [4.69, 9.17) is 0 Å². The lowest BCUT2D eigenvalue weighted by molar-refractivity contribution is -0.0484. The van der Waals surface area contributed by atoms with Crippen molar-refractivity contribution in [3.05, 3.63) is 0 Å². The molecule has 0 amide bonds. The van der Waals surface area contributed by atoms with Crippen LogP contribution in [0.1, 0.15) is 39.5 Å². The van der Waals surface area contributed by atoms with Crippen LogP contribution in [-0.2, 0) is 0 Å². The van der Waals surface area contributed by atoms with Crippen molar-refractivity contribution in [2.24, 2.45) is 5.92 Å². The summed E-state index contributed by atoms with van der Waals surface area (Å²) in [6, 6.07) is 0. The van der Waals surface area contributed by atoms with Gasteiger partial charge in [-0.15, -0.1) is 0 Å². The maximum absolute atomic E-state index is 3.25. The normalized spacial score (nSPS) is 19.5. The first-order valence-electron chi connectivity index (χ1n) is 6.96. The third kappa shape index (κ3) is 4.40. The molecule has 0 aromatic carbocycles. The van der Waals surface area contributed by atoms with Crippen molar-refractivity contribution < 1.29 is 0 Å². The Kier molecular flexibility index (Phi) is 7.01. The Morgan fingerprint density at radius 3 is 2.38 bits per heavy atom. The van der Waals surface area contributed by atoms with E-state index >= 15 is 0 Å². The third-order valence-electron chi connectivity index (χ3n) is 3.67. The van der Waals surface area contributed by atoms with Gasteiger partial charge in [-0.25, -0.2) is 10.0 Å². The molecule has 0 aromatic heterocycles. The lowest BCUT2D eigenvalue weighted by Gasteiger charge is -2.39. The van der Waals surface area contributed by atoms with Crippen molar-refractivity contribution in [3.8, 4) is 0 Å². The van der Waals surface area contributed by atoms with Gasteiger partial charge in [-0.05, 0) is 32.2 Å². The van der Waals surface area contributed by atoms with Crippen LogP contribution in [0.25, 0.3) is 0 Å². The van der Waals surface area contributed by atoms with Crippen molar-refractivity contribution in [1.82, 2.24) is 15.3 Å². The minimum Gasteiger partial charge on any atom is -0.318 e. The van der Waals surface area contributed by atoms with Crippen LogP contribution in [0, 0.1) is 5.92 Å². The van der Waals surface area contributed by atoms with Gasteiger partial charge in [0.25, 0.3) is 0 Å². The molecule has 96 valence electrons. The molecular weight excluding hydrogens is 198 g/mol. The average Bonchev–Trinajstić information content (AvgIpc) is 2.35. The molecule has 0 unspecified atom stereocenters. The maximum Gasteiger partial charge on any atom is 0.0258 e. The molecule has 0 spiro atoms. The quantitative estimate of drug-likeness (QED) is 0.717. The first-order chi connectivity index (χ1) is 7.81. The molecule has 1 aliphatic rings. The highest BCUT2D eigenvalue weighted by molar-refractivity contribution is 4.71. The van der Waals surface area contributed by atoms with Gasteiger partial charge >= 0.3 is 0 Å². The highest BCUT2D eigenvalue weighted by atomic mass is 15.6. The largest absolute Gasteiger partial charge is 0.318 e. The highest BCUT2D eigenvalue weighted by Gasteiger charge is 2.21. The molecule has 1 heterocycles. The Balaban J connectivity index is 2.33. The number of likely N-dealkylation sites (N-methyl/N-ethyl adjacent to an activating group) is 1. The molecule has 0 bridgehead atoms. The van der Waals surface area contributed by atoms with E-state index in [2.05, 4.69) is 29.2 Å². The van der Waals surface area contributed by atoms with Crippen molar-refractivity contribution in [3.63, 3.8) is 0 Å². The molecule has 0 aromatic rings. The Morgan fingerprint density at radius 1 is 1.19 bits per heavy atom. The van der Waals surface area contributed by atoms with Crippen LogP contribution in [0.3, 0.4) is 0 Å². The van der Waals surface area contributed by atoms with E-state index in [0.717, 1.165) is 19.0 Å². The lowest BCUT2D eigenvalue weighted by atomic mass is 9.95. The third-order valence-corrected chi connectivity index (χ3v) is 3.67. The van der Waals surface area contributed by atoms with Gasteiger partial charge in [0.05, 0.1) is 0 Å². The van der Waals surface area contributed by atoms with E-state index in [-0.39, 0.29) is 0 Å². The van der Waals surface area contributed by atoms with Crippen LogP contribution < -0.4 is 5.32 Å². The first kappa shape index (κ1) is 13.9. The van der Waals surface area contributed by atoms with Gasteiger partial charge in [0.2, 0.25) is 0 Å². The van der Waals surface area contributed by atoms with Gasteiger partial charge in [-0.3, -0.25) is 0 Å². The van der Waals surface area contributed by atoms with Gasteiger partial charge < -0.3 is 5.32 Å². The summed E-state index contributed by atoms with van der Waals surface area (Å²) in [5.74, 6) is 0.976. The molecule has 1 N–H and O–H groups in total. The monoisotopic (exact) mass is 227 g/mol. The summed E-state index contributed by atoms with van der Waals surface area (Å²) in [7, 11) is 2.04. The zero-order valence-corrected chi connectivity index (χ0v) is 11.3. The molecular formula is C13H29N3. The average molecular weight is 227 g/mol. The number of nitrogens with one attached hydrogen (secondary N) is 1. The van der Waals surface area contributed by atoms with Gasteiger partial charge in [-0.1, -0.05) is 20.3 Å². The first-order valence-corrected chi connectivity index (χ1v) is 6.96. The standard InChI is InChI=1S/C13H29N3/c1-4-9-15(12-8-14-3)16-10-6-13(5-2)7-11-16/h13-14H,4-12H2,1-3H3. The van der Waals surface area contributed by atoms with E-state index in [1.807, 2.05) is 7.05 Å². The summed E-state index contributed by atoms with van der Waals surface area (Å²) in [4.78, 5) is 0.